The summed E-state index contributed by atoms with van der Waals surface area (Å²) in [7, 11) is -3.83. The standard InChI is InChI=1S/C20H40O3S.Na.H/c1-2-3-4-5-6-7-8-9-10-11-12-13-14-15-16-17-18-19-20-24(21,22)23;;/h18-19H,2-17,20H2,1H3,(H,21,22,23);;/q;+1;-1. The van der Waals surface area contributed by atoms with Crippen molar-refractivity contribution in [2.24, 2.45) is 0 Å². The molecule has 0 aliphatic carbocycles. The Kier molecular flexibility index (Phi) is 23.4. The molecule has 25 heavy (non-hydrogen) atoms. The van der Waals surface area contributed by atoms with Crippen molar-refractivity contribution >= 4 is 10.1 Å². The quantitative estimate of drug-likeness (QED) is 0.169. The molecule has 0 saturated heterocycles. The fourth-order valence-corrected chi connectivity index (χ4v) is 3.32. The average Bonchev–Trinajstić information content (AvgIpc) is 2.52. The van der Waals surface area contributed by atoms with E-state index in [1.807, 2.05) is 6.08 Å². The maximum Gasteiger partial charge on any atom is 1.00 e. The summed E-state index contributed by atoms with van der Waals surface area (Å²) in [6.45, 7) is 2.27. The monoisotopic (exact) mass is 384 g/mol. The molecule has 0 aliphatic heterocycles. The molecule has 146 valence electrons. The zero-order valence-electron chi connectivity index (χ0n) is 17.8. The van der Waals surface area contributed by atoms with E-state index in [1.165, 1.54) is 89.9 Å². The largest absolute Gasteiger partial charge is 1.00 e. The molecule has 0 saturated carbocycles. The molecule has 0 heterocycles. The van der Waals surface area contributed by atoms with E-state index in [2.05, 4.69) is 6.92 Å². The summed E-state index contributed by atoms with van der Waals surface area (Å²) in [4.78, 5) is 0. The van der Waals surface area contributed by atoms with Gasteiger partial charge in [-0.3, -0.25) is 4.55 Å². The van der Waals surface area contributed by atoms with Gasteiger partial charge in [0.2, 0.25) is 0 Å². The molecule has 0 bridgehead atoms. The predicted octanol–water partition coefficient (Wildman–Crippen LogP) is 3.81. The smallest absolute Gasteiger partial charge is 1.00 e. The summed E-state index contributed by atoms with van der Waals surface area (Å²) in [5.74, 6) is -0.258. The van der Waals surface area contributed by atoms with Crippen LogP contribution < -0.4 is 29.6 Å². The van der Waals surface area contributed by atoms with Crippen LogP contribution in [0, 0.1) is 0 Å². The van der Waals surface area contributed by atoms with Gasteiger partial charge in [0.1, 0.15) is 0 Å². The van der Waals surface area contributed by atoms with Gasteiger partial charge in [0, 0.05) is 0 Å². The van der Waals surface area contributed by atoms with Gasteiger partial charge in [-0.1, -0.05) is 109 Å². The van der Waals surface area contributed by atoms with Crippen LogP contribution in [0.2, 0.25) is 0 Å². The third-order valence-corrected chi connectivity index (χ3v) is 5.06. The summed E-state index contributed by atoms with van der Waals surface area (Å²) in [5.41, 5.74) is 0. The molecule has 0 rings (SSSR count). The SMILES string of the molecule is CCCCCCCCCCCCCCCCCC=CCS(=O)(=O)O.[H-].[Na+]. The van der Waals surface area contributed by atoms with E-state index in [1.54, 1.807) is 6.08 Å². The van der Waals surface area contributed by atoms with Crippen LogP contribution in [0.1, 0.15) is 111 Å². The van der Waals surface area contributed by atoms with Crippen molar-refractivity contribution in [1.82, 2.24) is 0 Å². The van der Waals surface area contributed by atoms with E-state index in [9.17, 15) is 8.42 Å². The summed E-state index contributed by atoms with van der Waals surface area (Å²) >= 11 is 0. The van der Waals surface area contributed by atoms with Crippen molar-refractivity contribution in [3.8, 4) is 0 Å². The number of hydrogen-bond acceptors (Lipinski definition) is 2. The van der Waals surface area contributed by atoms with Crippen molar-refractivity contribution < 1.29 is 44.0 Å². The van der Waals surface area contributed by atoms with Gasteiger partial charge in [0.05, 0.1) is 5.75 Å². The van der Waals surface area contributed by atoms with Crippen LogP contribution in [0.4, 0.5) is 0 Å². The Morgan fingerprint density at radius 3 is 1.40 bits per heavy atom. The molecule has 0 spiro atoms. The third-order valence-electron chi connectivity index (χ3n) is 4.45. The second-order valence-corrected chi connectivity index (χ2v) is 8.46. The molecule has 0 aromatic rings. The van der Waals surface area contributed by atoms with Crippen LogP contribution in [-0.2, 0) is 10.1 Å². The van der Waals surface area contributed by atoms with Crippen LogP contribution in [0.25, 0.3) is 0 Å². The summed E-state index contributed by atoms with van der Waals surface area (Å²) in [6.07, 6.45) is 24.7. The zero-order chi connectivity index (χ0) is 17.9. The second kappa shape index (κ2) is 21.0. The van der Waals surface area contributed by atoms with Crippen LogP contribution >= 0.6 is 0 Å². The van der Waals surface area contributed by atoms with E-state index < -0.39 is 10.1 Å². The first-order valence-electron chi connectivity index (χ1n) is 10.2. The van der Waals surface area contributed by atoms with Crippen LogP contribution in [0.5, 0.6) is 0 Å². The summed E-state index contributed by atoms with van der Waals surface area (Å²) in [5, 5.41) is 0. The van der Waals surface area contributed by atoms with Crippen molar-refractivity contribution in [3.05, 3.63) is 12.2 Å². The molecular formula is C20H41NaO3S. The number of hydrogen-bond donors (Lipinski definition) is 1. The fourth-order valence-electron chi connectivity index (χ4n) is 2.94. The topological polar surface area (TPSA) is 54.4 Å². The van der Waals surface area contributed by atoms with Gasteiger partial charge in [0.15, 0.2) is 0 Å². The normalized spacial score (nSPS) is 11.8. The summed E-state index contributed by atoms with van der Waals surface area (Å²) in [6, 6.07) is 0. The van der Waals surface area contributed by atoms with Crippen LogP contribution in [0.3, 0.4) is 0 Å². The van der Waals surface area contributed by atoms with Crippen LogP contribution in [0.15, 0.2) is 12.2 Å². The van der Waals surface area contributed by atoms with E-state index >= 15 is 0 Å². The molecule has 0 fully saturated rings. The van der Waals surface area contributed by atoms with Crippen molar-refractivity contribution in [2.75, 3.05) is 5.75 Å². The molecule has 3 nitrogen and oxygen atoms in total. The Labute approximate surface area is 181 Å². The molecular weight excluding hydrogens is 343 g/mol. The molecule has 0 radical (unpaired) electrons. The third kappa shape index (κ3) is 27.0. The predicted molar refractivity (Wildman–Crippen MR) is 106 cm³/mol. The minimum atomic E-state index is -3.83. The Morgan fingerprint density at radius 2 is 1.04 bits per heavy atom. The van der Waals surface area contributed by atoms with E-state index in [4.69, 9.17) is 4.55 Å². The Balaban J connectivity index is -0.00000264. The van der Waals surface area contributed by atoms with Gasteiger partial charge in [0.25, 0.3) is 10.1 Å². The van der Waals surface area contributed by atoms with Crippen molar-refractivity contribution in [1.29, 1.82) is 0 Å². The van der Waals surface area contributed by atoms with Gasteiger partial charge in [-0.2, -0.15) is 8.42 Å². The van der Waals surface area contributed by atoms with Crippen molar-refractivity contribution in [3.63, 3.8) is 0 Å². The molecule has 0 atom stereocenters. The molecule has 5 heteroatoms. The molecule has 1 N–H and O–H groups in total. The maximum atomic E-state index is 10.5. The molecule has 0 aromatic carbocycles. The van der Waals surface area contributed by atoms with Gasteiger partial charge in [-0.05, 0) is 12.8 Å². The van der Waals surface area contributed by atoms with Gasteiger partial charge < -0.3 is 1.43 Å². The number of rotatable bonds is 18. The second-order valence-electron chi connectivity index (χ2n) is 6.96. The molecule has 0 aliphatic rings. The Morgan fingerprint density at radius 1 is 0.680 bits per heavy atom. The number of unbranched alkanes of at least 4 members (excludes halogenated alkanes) is 15. The van der Waals surface area contributed by atoms with Crippen LogP contribution in [-0.4, -0.2) is 18.7 Å². The average molecular weight is 385 g/mol. The summed E-state index contributed by atoms with van der Waals surface area (Å²) < 4.78 is 29.6. The number of allylic oxidation sites excluding steroid dienone is 1. The minimum absolute atomic E-state index is 0. The fraction of sp³-hybridized carbons (Fsp3) is 0.900. The van der Waals surface area contributed by atoms with Gasteiger partial charge in [-0.15, -0.1) is 0 Å². The van der Waals surface area contributed by atoms with E-state index in [0.717, 1.165) is 12.8 Å². The Hall–Kier alpha value is 0.650. The molecule has 0 unspecified atom stereocenters. The van der Waals surface area contributed by atoms with Gasteiger partial charge >= 0.3 is 29.6 Å². The van der Waals surface area contributed by atoms with Crippen molar-refractivity contribution in [2.45, 2.75) is 110 Å². The first-order chi connectivity index (χ1) is 11.6. The van der Waals surface area contributed by atoms with Gasteiger partial charge in [-0.25, -0.2) is 0 Å². The van der Waals surface area contributed by atoms with E-state index in [-0.39, 0.29) is 36.7 Å². The minimum Gasteiger partial charge on any atom is -1.00 e. The first kappa shape index (κ1) is 27.9. The zero-order valence-corrected chi connectivity index (χ0v) is 19.7. The maximum absolute atomic E-state index is 10.5. The van der Waals surface area contributed by atoms with E-state index in [0.29, 0.717) is 0 Å². The molecule has 0 amide bonds. The molecule has 0 aromatic heterocycles. The Bertz CT molecular complexity index is 387. The first-order valence-corrected chi connectivity index (χ1v) is 11.8.